The molecule has 1 atom stereocenters. The van der Waals surface area contributed by atoms with Gasteiger partial charge in [-0.2, -0.15) is 5.26 Å². The van der Waals surface area contributed by atoms with E-state index in [2.05, 4.69) is 6.07 Å². The number of unbranched alkanes of at least 4 members (excludes halogenated alkanes) is 1. The first-order valence-electron chi connectivity index (χ1n) is 10.5. The molecule has 5 nitrogen and oxygen atoms in total. The number of esters is 1. The van der Waals surface area contributed by atoms with E-state index in [1.165, 1.54) is 25.3 Å². The van der Waals surface area contributed by atoms with Gasteiger partial charge in [0.05, 0.1) is 18.7 Å². The Bertz CT molecular complexity index is 948. The van der Waals surface area contributed by atoms with Crippen molar-refractivity contribution >= 4 is 11.9 Å². The molecular weight excluding hydrogens is 395 g/mol. The van der Waals surface area contributed by atoms with E-state index in [9.17, 15) is 19.2 Å². The van der Waals surface area contributed by atoms with Gasteiger partial charge in [-0.1, -0.05) is 51.5 Å². The summed E-state index contributed by atoms with van der Waals surface area (Å²) in [4.78, 5) is 26.9. The van der Waals surface area contributed by atoms with Crippen LogP contribution in [-0.4, -0.2) is 29.9 Å². The van der Waals surface area contributed by atoms with E-state index in [0.717, 1.165) is 18.4 Å². The van der Waals surface area contributed by atoms with Crippen LogP contribution in [0.25, 0.3) is 11.1 Å². The Labute approximate surface area is 183 Å². The predicted molar refractivity (Wildman–Crippen MR) is 117 cm³/mol. The van der Waals surface area contributed by atoms with Crippen LogP contribution in [0.2, 0.25) is 0 Å². The third-order valence-corrected chi connectivity index (χ3v) is 5.19. The molecule has 2 aromatic carbocycles. The third-order valence-electron chi connectivity index (χ3n) is 5.19. The molecule has 164 valence electrons. The number of nitrogens with zero attached hydrogens (tertiary/aromatic N) is 2. The summed E-state index contributed by atoms with van der Waals surface area (Å²) < 4.78 is 18.6. The van der Waals surface area contributed by atoms with Gasteiger partial charge in [-0.05, 0) is 41.7 Å². The molecule has 0 N–H and O–H groups in total. The Morgan fingerprint density at radius 1 is 1.16 bits per heavy atom. The summed E-state index contributed by atoms with van der Waals surface area (Å²) in [5, 5.41) is 9.30. The molecule has 2 rings (SSSR count). The molecule has 0 aliphatic rings. The molecule has 0 spiro atoms. The van der Waals surface area contributed by atoms with Crippen LogP contribution in [-0.2, 0) is 20.9 Å². The second kappa shape index (κ2) is 11.3. The summed E-state index contributed by atoms with van der Waals surface area (Å²) in [5.41, 5.74) is 2.44. The number of amides is 1. The van der Waals surface area contributed by atoms with E-state index in [0.29, 0.717) is 23.1 Å². The molecule has 0 aromatic heterocycles. The molecule has 0 saturated heterocycles. The first-order chi connectivity index (χ1) is 14.8. The molecule has 0 aliphatic carbocycles. The summed E-state index contributed by atoms with van der Waals surface area (Å²) in [6, 6.07) is 12.7. The van der Waals surface area contributed by atoms with Crippen LogP contribution in [0.15, 0.2) is 42.5 Å². The molecule has 6 heteroatoms. The third kappa shape index (κ3) is 6.14. The Morgan fingerprint density at radius 2 is 1.84 bits per heavy atom. The Hall–Kier alpha value is -3.20. The average Bonchev–Trinajstić information content (AvgIpc) is 2.77. The molecule has 0 aliphatic heterocycles. The van der Waals surface area contributed by atoms with Crippen LogP contribution < -0.4 is 0 Å². The Kier molecular flexibility index (Phi) is 8.75. The van der Waals surface area contributed by atoms with Gasteiger partial charge < -0.3 is 9.64 Å². The van der Waals surface area contributed by atoms with Crippen molar-refractivity contribution in [2.75, 3.05) is 7.11 Å². The van der Waals surface area contributed by atoms with Crippen molar-refractivity contribution in [3.05, 3.63) is 59.4 Å². The highest BCUT2D eigenvalue weighted by molar-refractivity contribution is 5.84. The molecule has 0 fully saturated rings. The van der Waals surface area contributed by atoms with Gasteiger partial charge in [-0.15, -0.1) is 0 Å². The number of benzene rings is 2. The number of nitriles is 1. The quantitative estimate of drug-likeness (QED) is 0.526. The fourth-order valence-corrected chi connectivity index (χ4v) is 3.53. The van der Waals surface area contributed by atoms with E-state index < -0.39 is 17.8 Å². The van der Waals surface area contributed by atoms with Crippen LogP contribution in [0, 0.1) is 23.1 Å². The lowest BCUT2D eigenvalue weighted by Gasteiger charge is -2.32. The standard InChI is InChI=1S/C25H29FN2O3/c1-5-6-7-23(29)28(24(17(2)3)25(30)31-4)16-18-8-10-19(11-9-18)22-14-21(26)13-12-20(22)15-27/h8-14,17,24H,5-7,16H2,1-4H3/t24-/m0/s1. The second-order valence-corrected chi connectivity index (χ2v) is 7.84. The first-order valence-corrected chi connectivity index (χ1v) is 10.5. The topological polar surface area (TPSA) is 70.4 Å². The smallest absolute Gasteiger partial charge is 0.328 e. The number of hydrogen-bond donors (Lipinski definition) is 0. The van der Waals surface area contributed by atoms with Gasteiger partial charge in [0.25, 0.3) is 0 Å². The van der Waals surface area contributed by atoms with Crippen molar-refractivity contribution in [3.8, 4) is 17.2 Å². The van der Waals surface area contributed by atoms with Crippen LogP contribution in [0.3, 0.4) is 0 Å². The van der Waals surface area contributed by atoms with E-state index in [1.54, 1.807) is 17.0 Å². The zero-order valence-corrected chi connectivity index (χ0v) is 18.5. The van der Waals surface area contributed by atoms with Crippen molar-refractivity contribution in [2.24, 2.45) is 5.92 Å². The SMILES string of the molecule is CCCCC(=O)N(Cc1ccc(-c2cc(F)ccc2C#N)cc1)[C@H](C(=O)OC)C(C)C. The molecule has 0 bridgehead atoms. The number of carbonyl (C=O) groups excluding carboxylic acids is 2. The van der Waals surface area contributed by atoms with E-state index in [-0.39, 0.29) is 18.4 Å². The van der Waals surface area contributed by atoms with E-state index >= 15 is 0 Å². The van der Waals surface area contributed by atoms with Gasteiger partial charge in [-0.3, -0.25) is 4.79 Å². The summed E-state index contributed by atoms with van der Waals surface area (Å²) in [5.74, 6) is -1.05. The van der Waals surface area contributed by atoms with Gasteiger partial charge in [0.2, 0.25) is 5.91 Å². The lowest BCUT2D eigenvalue weighted by Crippen LogP contribution is -2.48. The molecule has 0 unspecified atom stereocenters. The van der Waals surface area contributed by atoms with Crippen molar-refractivity contribution in [1.82, 2.24) is 4.90 Å². The fourth-order valence-electron chi connectivity index (χ4n) is 3.53. The minimum atomic E-state index is -0.678. The second-order valence-electron chi connectivity index (χ2n) is 7.84. The summed E-state index contributed by atoms with van der Waals surface area (Å²) in [6.45, 7) is 6.05. The Morgan fingerprint density at radius 3 is 2.39 bits per heavy atom. The zero-order chi connectivity index (χ0) is 23.0. The monoisotopic (exact) mass is 424 g/mol. The minimum absolute atomic E-state index is 0.0908. The molecule has 1 amide bonds. The van der Waals surface area contributed by atoms with Gasteiger partial charge in [0, 0.05) is 18.5 Å². The minimum Gasteiger partial charge on any atom is -0.467 e. The fraction of sp³-hybridized carbons (Fsp3) is 0.400. The van der Waals surface area contributed by atoms with Gasteiger partial charge in [-0.25, -0.2) is 9.18 Å². The summed E-state index contributed by atoms with van der Waals surface area (Å²) >= 11 is 0. The van der Waals surface area contributed by atoms with Crippen molar-refractivity contribution in [1.29, 1.82) is 5.26 Å². The van der Waals surface area contributed by atoms with E-state index in [1.807, 2.05) is 32.9 Å². The van der Waals surface area contributed by atoms with Crippen LogP contribution in [0.1, 0.15) is 51.2 Å². The number of carbonyl (C=O) groups is 2. The first kappa shape index (κ1) is 24.1. The van der Waals surface area contributed by atoms with Crippen LogP contribution in [0.5, 0.6) is 0 Å². The highest BCUT2D eigenvalue weighted by Crippen LogP contribution is 2.26. The maximum atomic E-state index is 13.7. The highest BCUT2D eigenvalue weighted by atomic mass is 19.1. The number of rotatable bonds is 9. The molecule has 2 aromatic rings. The Balaban J connectivity index is 2.34. The molecule has 31 heavy (non-hydrogen) atoms. The van der Waals surface area contributed by atoms with E-state index in [4.69, 9.17) is 4.74 Å². The maximum Gasteiger partial charge on any atom is 0.328 e. The number of methoxy groups -OCH3 is 1. The maximum absolute atomic E-state index is 13.7. The molecule has 0 saturated carbocycles. The van der Waals surface area contributed by atoms with Gasteiger partial charge >= 0.3 is 5.97 Å². The van der Waals surface area contributed by atoms with Crippen LogP contribution >= 0.6 is 0 Å². The highest BCUT2D eigenvalue weighted by Gasteiger charge is 2.33. The normalized spacial score (nSPS) is 11.6. The van der Waals surface area contributed by atoms with Crippen molar-refractivity contribution in [2.45, 2.75) is 52.6 Å². The van der Waals surface area contributed by atoms with Crippen molar-refractivity contribution < 1.29 is 18.7 Å². The largest absolute Gasteiger partial charge is 0.467 e. The van der Waals surface area contributed by atoms with Crippen molar-refractivity contribution in [3.63, 3.8) is 0 Å². The lowest BCUT2D eigenvalue weighted by molar-refractivity contribution is -0.155. The zero-order valence-electron chi connectivity index (χ0n) is 18.5. The number of hydrogen-bond acceptors (Lipinski definition) is 4. The van der Waals surface area contributed by atoms with Crippen LogP contribution in [0.4, 0.5) is 4.39 Å². The summed E-state index contributed by atoms with van der Waals surface area (Å²) in [7, 11) is 1.33. The summed E-state index contributed by atoms with van der Waals surface area (Å²) in [6.07, 6.45) is 1.99. The van der Waals surface area contributed by atoms with Gasteiger partial charge in [0.1, 0.15) is 11.9 Å². The number of halogens is 1. The molecule has 0 radical (unpaired) electrons. The number of ether oxygens (including phenoxy) is 1. The van der Waals surface area contributed by atoms with Gasteiger partial charge in [0.15, 0.2) is 0 Å². The molecular formula is C25H29FN2O3. The average molecular weight is 425 g/mol. The lowest BCUT2D eigenvalue weighted by atomic mass is 9.98. The molecule has 0 heterocycles. The predicted octanol–water partition coefficient (Wildman–Crippen LogP) is 5.08.